The molecule has 3 rings (SSSR count). The van der Waals surface area contributed by atoms with E-state index in [-0.39, 0.29) is 27.9 Å². The van der Waals surface area contributed by atoms with Crippen LogP contribution in [-0.4, -0.2) is 46.5 Å². The van der Waals surface area contributed by atoms with Crippen LogP contribution >= 0.6 is 0 Å². The number of methoxy groups -OCH3 is 1. The highest BCUT2D eigenvalue weighted by Crippen LogP contribution is 2.30. The van der Waals surface area contributed by atoms with Crippen molar-refractivity contribution < 1.29 is 22.9 Å². The molecule has 0 aromatic heterocycles. The lowest BCUT2D eigenvalue weighted by Crippen LogP contribution is -2.28. The summed E-state index contributed by atoms with van der Waals surface area (Å²) in [5.74, 6) is -0.183. The maximum atomic E-state index is 12.8. The van der Waals surface area contributed by atoms with Gasteiger partial charge in [-0.1, -0.05) is 18.2 Å². The lowest BCUT2D eigenvalue weighted by molar-refractivity contribution is -0.384. The number of hydrogen-bond donors (Lipinski definition) is 2. The Morgan fingerprint density at radius 1 is 1.06 bits per heavy atom. The summed E-state index contributed by atoms with van der Waals surface area (Å²) in [5.41, 5.74) is 1.05. The topological polar surface area (TPSA) is 131 Å². The Balaban J connectivity index is 1.59. The molecule has 3 aromatic carbocycles. The molecule has 0 atom stereocenters. The Labute approximate surface area is 203 Å². The number of ether oxygens (including phenoxy) is 1. The molecule has 0 spiro atoms. The highest BCUT2D eigenvalue weighted by molar-refractivity contribution is 7.92. The quantitative estimate of drug-likeness (QED) is 0.234. The van der Waals surface area contributed by atoms with Crippen molar-refractivity contribution in [3.63, 3.8) is 0 Å². The third-order valence-electron chi connectivity index (χ3n) is 5.22. The van der Waals surface area contributed by atoms with E-state index in [2.05, 4.69) is 14.9 Å². The van der Waals surface area contributed by atoms with E-state index in [4.69, 9.17) is 4.74 Å². The third kappa shape index (κ3) is 6.70. The number of para-hydroxylation sites is 1. The van der Waals surface area contributed by atoms with Gasteiger partial charge >= 0.3 is 0 Å². The normalized spacial score (nSPS) is 10.9. The molecule has 0 saturated heterocycles. The number of carbonyl (C=O) groups is 1. The van der Waals surface area contributed by atoms with Crippen LogP contribution in [0.3, 0.4) is 0 Å². The number of carbonyl (C=O) groups excluding carboxylic acids is 1. The SMILES string of the molecule is COc1ccc([N+](=O)[O-])cc1NS(=O)(=O)c1ccc(C(=O)NCCCN(C)c2ccccc2)cc1. The first-order valence-electron chi connectivity index (χ1n) is 10.7. The van der Waals surface area contributed by atoms with Gasteiger partial charge in [0.1, 0.15) is 5.75 Å². The van der Waals surface area contributed by atoms with E-state index in [0.717, 1.165) is 24.7 Å². The zero-order chi connectivity index (χ0) is 25.4. The first-order valence-corrected chi connectivity index (χ1v) is 12.2. The molecule has 10 nitrogen and oxygen atoms in total. The summed E-state index contributed by atoms with van der Waals surface area (Å²) in [6, 6.07) is 18.9. The molecule has 0 unspecified atom stereocenters. The van der Waals surface area contributed by atoms with Crippen molar-refractivity contribution in [2.45, 2.75) is 11.3 Å². The summed E-state index contributed by atoms with van der Waals surface area (Å²) in [5, 5.41) is 13.9. The molecular weight excluding hydrogens is 472 g/mol. The summed E-state index contributed by atoms with van der Waals surface area (Å²) in [6.07, 6.45) is 0.735. The molecule has 0 aliphatic heterocycles. The van der Waals surface area contributed by atoms with Crippen LogP contribution in [0, 0.1) is 10.1 Å². The van der Waals surface area contributed by atoms with Gasteiger partial charge in [0.05, 0.1) is 22.6 Å². The average molecular weight is 499 g/mol. The monoisotopic (exact) mass is 498 g/mol. The van der Waals surface area contributed by atoms with Gasteiger partial charge in [-0.25, -0.2) is 8.42 Å². The van der Waals surface area contributed by atoms with Gasteiger partial charge in [-0.3, -0.25) is 19.6 Å². The Bertz CT molecular complexity index is 1280. The van der Waals surface area contributed by atoms with Gasteiger partial charge in [0.25, 0.3) is 21.6 Å². The number of amides is 1. The van der Waals surface area contributed by atoms with Gasteiger partial charge < -0.3 is 15.0 Å². The summed E-state index contributed by atoms with van der Waals surface area (Å²) in [6.45, 7) is 1.22. The maximum Gasteiger partial charge on any atom is 0.271 e. The van der Waals surface area contributed by atoms with Crippen molar-refractivity contribution in [2.24, 2.45) is 0 Å². The minimum Gasteiger partial charge on any atom is -0.495 e. The number of benzene rings is 3. The van der Waals surface area contributed by atoms with Crippen LogP contribution in [0.5, 0.6) is 5.75 Å². The number of sulfonamides is 1. The second-order valence-corrected chi connectivity index (χ2v) is 9.32. The lowest BCUT2D eigenvalue weighted by atomic mass is 10.2. The molecule has 184 valence electrons. The number of nitro benzene ring substituents is 1. The number of hydrogen-bond acceptors (Lipinski definition) is 7. The van der Waals surface area contributed by atoms with E-state index in [1.165, 1.54) is 43.5 Å². The van der Waals surface area contributed by atoms with Gasteiger partial charge in [0, 0.05) is 43.5 Å². The molecule has 1 amide bonds. The number of non-ortho nitro benzene ring substituents is 1. The van der Waals surface area contributed by atoms with Gasteiger partial charge in [-0.15, -0.1) is 0 Å². The average Bonchev–Trinajstić information content (AvgIpc) is 2.86. The zero-order valence-electron chi connectivity index (χ0n) is 19.3. The van der Waals surface area contributed by atoms with E-state index < -0.39 is 14.9 Å². The first kappa shape index (κ1) is 25.5. The Kier molecular flexibility index (Phi) is 8.26. The molecule has 0 heterocycles. The van der Waals surface area contributed by atoms with Crippen LogP contribution in [0.2, 0.25) is 0 Å². The summed E-state index contributed by atoms with van der Waals surface area (Å²) in [4.78, 5) is 24.8. The summed E-state index contributed by atoms with van der Waals surface area (Å²) in [7, 11) is -0.772. The van der Waals surface area contributed by atoms with Crippen molar-refractivity contribution in [1.29, 1.82) is 0 Å². The smallest absolute Gasteiger partial charge is 0.271 e. The van der Waals surface area contributed by atoms with Crippen LogP contribution in [0.1, 0.15) is 16.8 Å². The predicted molar refractivity (Wildman–Crippen MR) is 134 cm³/mol. The number of nitrogens with one attached hydrogen (secondary N) is 2. The summed E-state index contributed by atoms with van der Waals surface area (Å²) >= 11 is 0. The van der Waals surface area contributed by atoms with E-state index in [1.807, 2.05) is 37.4 Å². The fourth-order valence-corrected chi connectivity index (χ4v) is 4.37. The van der Waals surface area contributed by atoms with Crippen LogP contribution in [0.4, 0.5) is 17.1 Å². The van der Waals surface area contributed by atoms with Gasteiger partial charge in [-0.2, -0.15) is 0 Å². The minimum absolute atomic E-state index is 0.0657. The van der Waals surface area contributed by atoms with Gasteiger partial charge in [0.2, 0.25) is 0 Å². The van der Waals surface area contributed by atoms with E-state index in [0.29, 0.717) is 12.1 Å². The van der Waals surface area contributed by atoms with Crippen molar-refractivity contribution in [3.05, 3.63) is 88.5 Å². The van der Waals surface area contributed by atoms with Crippen molar-refractivity contribution in [1.82, 2.24) is 5.32 Å². The van der Waals surface area contributed by atoms with Gasteiger partial charge in [0.15, 0.2) is 0 Å². The minimum atomic E-state index is -4.08. The number of nitrogens with zero attached hydrogens (tertiary/aromatic N) is 2. The standard InChI is InChI=1S/C24H26N4O6S/c1-27(19-7-4-3-5-8-19)16-6-15-25-24(29)18-9-12-21(13-10-18)35(32,33)26-22-17-20(28(30)31)11-14-23(22)34-2/h3-5,7-14,17,26H,6,15-16H2,1-2H3,(H,25,29). The van der Waals surface area contributed by atoms with E-state index in [9.17, 15) is 23.3 Å². The molecule has 0 aliphatic carbocycles. The van der Waals surface area contributed by atoms with Crippen LogP contribution < -0.4 is 19.7 Å². The lowest BCUT2D eigenvalue weighted by Gasteiger charge is -2.19. The highest BCUT2D eigenvalue weighted by Gasteiger charge is 2.20. The van der Waals surface area contributed by atoms with Crippen LogP contribution in [0.25, 0.3) is 0 Å². The molecule has 11 heteroatoms. The molecule has 0 bridgehead atoms. The van der Waals surface area contributed by atoms with E-state index >= 15 is 0 Å². The molecule has 0 saturated carbocycles. The number of anilines is 2. The predicted octanol–water partition coefficient (Wildman–Crippen LogP) is 3.66. The van der Waals surface area contributed by atoms with Crippen LogP contribution in [-0.2, 0) is 10.0 Å². The molecule has 0 radical (unpaired) electrons. The molecular formula is C24H26N4O6S. The second-order valence-electron chi connectivity index (χ2n) is 7.64. The Hall–Kier alpha value is -4.12. The van der Waals surface area contributed by atoms with Crippen LogP contribution in [0.15, 0.2) is 77.7 Å². The second kappa shape index (κ2) is 11.3. The van der Waals surface area contributed by atoms with E-state index in [1.54, 1.807) is 0 Å². The number of rotatable bonds is 11. The molecule has 35 heavy (non-hydrogen) atoms. The fourth-order valence-electron chi connectivity index (χ4n) is 3.31. The fraction of sp³-hybridized carbons (Fsp3) is 0.208. The largest absolute Gasteiger partial charge is 0.495 e. The van der Waals surface area contributed by atoms with Crippen molar-refractivity contribution in [2.75, 3.05) is 36.9 Å². The van der Waals surface area contributed by atoms with Gasteiger partial charge in [-0.05, 0) is 48.9 Å². The van der Waals surface area contributed by atoms with Crippen molar-refractivity contribution in [3.8, 4) is 5.75 Å². The Morgan fingerprint density at radius 3 is 2.37 bits per heavy atom. The zero-order valence-corrected chi connectivity index (χ0v) is 20.1. The maximum absolute atomic E-state index is 12.8. The first-order chi connectivity index (χ1) is 16.7. The molecule has 2 N–H and O–H groups in total. The highest BCUT2D eigenvalue weighted by atomic mass is 32.2. The summed E-state index contributed by atoms with van der Waals surface area (Å²) < 4.78 is 33.0. The number of nitro groups is 1. The molecule has 0 aliphatic rings. The molecule has 0 fully saturated rings. The third-order valence-corrected chi connectivity index (χ3v) is 6.60. The Morgan fingerprint density at radius 2 is 1.74 bits per heavy atom. The molecule has 3 aromatic rings. The van der Waals surface area contributed by atoms with Crippen molar-refractivity contribution >= 4 is 33.0 Å².